The number of morpholine rings is 1. The number of aliphatic hydroxyl groups is 1. The number of rotatable bonds is 8. The first kappa shape index (κ1) is 35.7. The van der Waals surface area contributed by atoms with Crippen LogP contribution in [0.1, 0.15) is 44.8 Å². The highest BCUT2D eigenvalue weighted by Crippen LogP contribution is 2.59. The van der Waals surface area contributed by atoms with Crippen molar-refractivity contribution in [1.29, 1.82) is 0 Å². The fourth-order valence-corrected chi connectivity index (χ4v) is 8.65. The highest BCUT2D eigenvalue weighted by molar-refractivity contribution is 9.11. The summed E-state index contributed by atoms with van der Waals surface area (Å²) in [5.74, 6) is -3.54. The largest absolute Gasteiger partial charge is 0.455 e. The minimum atomic E-state index is -1.45. The van der Waals surface area contributed by atoms with Crippen LogP contribution in [-0.2, 0) is 33.4 Å². The minimum absolute atomic E-state index is 0.0564. The van der Waals surface area contributed by atoms with E-state index in [1.807, 2.05) is 56.3 Å². The molecule has 5 heterocycles. The molecule has 2 N–H and O–H groups in total. The third-order valence-electron chi connectivity index (χ3n) is 10.3. The highest BCUT2D eigenvalue weighted by Gasteiger charge is 2.75. The molecule has 7 atom stereocenters. The summed E-state index contributed by atoms with van der Waals surface area (Å²) in [7, 11) is 0. The summed E-state index contributed by atoms with van der Waals surface area (Å²) in [4.78, 5) is 62.3. The van der Waals surface area contributed by atoms with Gasteiger partial charge in [0.25, 0.3) is 0 Å². The van der Waals surface area contributed by atoms with E-state index in [0.29, 0.717) is 49.2 Å². The van der Waals surface area contributed by atoms with E-state index in [1.54, 1.807) is 11.0 Å². The molecule has 0 aliphatic carbocycles. The van der Waals surface area contributed by atoms with Crippen LogP contribution < -0.4 is 5.32 Å². The lowest BCUT2D eigenvalue weighted by atomic mass is 9.74. The maximum Gasteiger partial charge on any atom is 0.313 e. The molecule has 3 fully saturated rings. The molecule has 3 saturated heterocycles. The van der Waals surface area contributed by atoms with Gasteiger partial charge in [-0.15, -0.1) is 0 Å². The van der Waals surface area contributed by atoms with Crippen molar-refractivity contribution in [3.63, 3.8) is 0 Å². The van der Waals surface area contributed by atoms with Crippen LogP contribution in [0.25, 0.3) is 0 Å². The van der Waals surface area contributed by atoms with Gasteiger partial charge >= 0.3 is 5.97 Å². The fourth-order valence-electron chi connectivity index (χ4n) is 7.91. The van der Waals surface area contributed by atoms with Crippen LogP contribution in [0.5, 0.6) is 0 Å². The van der Waals surface area contributed by atoms with Crippen LogP contribution in [0.4, 0.5) is 0 Å². The van der Waals surface area contributed by atoms with Crippen LogP contribution in [-0.4, -0.2) is 126 Å². The van der Waals surface area contributed by atoms with E-state index >= 15 is 4.79 Å². The van der Waals surface area contributed by atoms with Crippen LogP contribution in [0, 0.1) is 17.8 Å². The quantitative estimate of drug-likeness (QED) is 0.303. The summed E-state index contributed by atoms with van der Waals surface area (Å²) in [6, 6.07) is 7.38. The Hall–Kier alpha value is -3.10. The summed E-state index contributed by atoms with van der Waals surface area (Å²) in [6.07, 6.45) is 5.06. The van der Waals surface area contributed by atoms with Gasteiger partial charge in [-0.3, -0.25) is 24.1 Å². The number of cyclic esters (lactones) is 1. The fraction of sp³-hybridized carbons (Fsp3) is 0.611. The first-order valence-corrected chi connectivity index (χ1v) is 18.2. The Balaban J connectivity index is 1.41. The Morgan fingerprint density at radius 3 is 2.51 bits per heavy atom. The van der Waals surface area contributed by atoms with Crippen molar-refractivity contribution >= 4 is 39.6 Å². The maximum absolute atomic E-state index is 15.0. The molecule has 5 aliphatic rings. The van der Waals surface area contributed by atoms with Gasteiger partial charge in [0, 0.05) is 43.6 Å². The molecular weight excluding hydrogens is 696 g/mol. The molecule has 12 nitrogen and oxygen atoms in total. The lowest BCUT2D eigenvalue weighted by Crippen LogP contribution is -2.59. The van der Waals surface area contributed by atoms with Gasteiger partial charge in [-0.1, -0.05) is 72.3 Å². The van der Waals surface area contributed by atoms with Gasteiger partial charge < -0.3 is 34.4 Å². The smallest absolute Gasteiger partial charge is 0.313 e. The van der Waals surface area contributed by atoms with Crippen molar-refractivity contribution in [2.24, 2.45) is 17.8 Å². The predicted octanol–water partition coefficient (Wildman–Crippen LogP) is 2.18. The molecule has 0 aromatic heterocycles. The number of aliphatic hydroxyl groups excluding tert-OH is 1. The zero-order chi connectivity index (χ0) is 34.7. The molecule has 1 aromatic rings. The van der Waals surface area contributed by atoms with E-state index in [-0.39, 0.29) is 43.8 Å². The van der Waals surface area contributed by atoms with Crippen LogP contribution in [0.2, 0.25) is 0 Å². The molecule has 6 rings (SSSR count). The van der Waals surface area contributed by atoms with Crippen LogP contribution >= 0.6 is 15.9 Å². The average Bonchev–Trinajstić information content (AvgIpc) is 3.69. The third kappa shape index (κ3) is 7.23. The number of halogens is 1. The van der Waals surface area contributed by atoms with Crippen molar-refractivity contribution in [3.05, 3.63) is 58.6 Å². The second-order valence-corrected chi connectivity index (χ2v) is 14.8. The van der Waals surface area contributed by atoms with Gasteiger partial charge in [0.15, 0.2) is 0 Å². The number of allylic oxidation sites excluding steroid dienone is 1. The Labute approximate surface area is 295 Å². The van der Waals surface area contributed by atoms with Crippen molar-refractivity contribution in [1.82, 2.24) is 20.0 Å². The van der Waals surface area contributed by atoms with Crippen molar-refractivity contribution in [3.8, 4) is 0 Å². The molecule has 3 amide bonds. The molecular formula is C36H47BrN4O8. The summed E-state index contributed by atoms with van der Waals surface area (Å²) in [5.41, 5.74) is -0.750. The van der Waals surface area contributed by atoms with Gasteiger partial charge in [-0.2, -0.15) is 0 Å². The van der Waals surface area contributed by atoms with Crippen molar-refractivity contribution in [2.75, 3.05) is 59.1 Å². The predicted molar refractivity (Wildman–Crippen MR) is 183 cm³/mol. The van der Waals surface area contributed by atoms with E-state index in [0.717, 1.165) is 13.1 Å². The van der Waals surface area contributed by atoms with Gasteiger partial charge in [0.05, 0.1) is 38.3 Å². The first-order valence-electron chi connectivity index (χ1n) is 17.4. The number of likely N-dealkylation sites (tertiary alicyclic amines) is 1. The Kier molecular flexibility index (Phi) is 11.2. The molecule has 0 unspecified atom stereocenters. The Morgan fingerprint density at radius 1 is 1.04 bits per heavy atom. The number of benzene rings is 1. The number of ether oxygens (including phenoxy) is 3. The molecule has 5 aliphatic heterocycles. The van der Waals surface area contributed by atoms with Crippen molar-refractivity contribution in [2.45, 2.75) is 63.0 Å². The molecule has 1 spiro atoms. The topological polar surface area (TPSA) is 138 Å². The number of carbonyl (C=O) groups is 4. The summed E-state index contributed by atoms with van der Waals surface area (Å²) in [6.45, 7) is 7.72. The highest BCUT2D eigenvalue weighted by atomic mass is 79.9. The zero-order valence-corrected chi connectivity index (χ0v) is 29.8. The first-order chi connectivity index (χ1) is 23.6. The Bertz CT molecular complexity index is 1450. The lowest BCUT2D eigenvalue weighted by molar-refractivity contribution is -0.160. The number of amides is 3. The Morgan fingerprint density at radius 2 is 1.80 bits per heavy atom. The van der Waals surface area contributed by atoms with Crippen LogP contribution in [0.3, 0.4) is 0 Å². The molecule has 5 bridgehead atoms. The van der Waals surface area contributed by atoms with E-state index in [4.69, 9.17) is 14.2 Å². The maximum atomic E-state index is 15.0. The molecule has 49 heavy (non-hydrogen) atoms. The average molecular weight is 744 g/mol. The third-order valence-corrected chi connectivity index (χ3v) is 10.9. The number of fused-ring (bicyclic) bond motifs is 2. The normalized spacial score (nSPS) is 32.6. The number of esters is 1. The van der Waals surface area contributed by atoms with Crippen molar-refractivity contribution < 1.29 is 38.5 Å². The number of nitrogens with zero attached hydrogens (tertiary/aromatic N) is 3. The molecule has 1 aromatic carbocycles. The monoisotopic (exact) mass is 742 g/mol. The molecule has 0 radical (unpaired) electrons. The molecule has 266 valence electrons. The van der Waals surface area contributed by atoms with E-state index in [9.17, 15) is 19.5 Å². The zero-order valence-electron chi connectivity index (χ0n) is 28.2. The standard InChI is InChI=1S/C36H47BrN4O8/c1-23(2)19-25(22-42)41-32-34(45)40(14-13-39-15-17-47-18-16-39)12-8-4-7-11-28(43)38-21-27(24-9-5-3-6-10-24)48-35(46)29-30(33(41)44)36(32)20-26(37)31(29)49-36/h3-6,8-10,20,23,25,27,29-32,42H,7,11-19,21-22H2,1-2H3,(H,38,43)/b8-4-/t25-,27-,29-,30+,31-,32-,36+/m1/s1. The minimum Gasteiger partial charge on any atom is -0.455 e. The number of hydrogen-bond donors (Lipinski definition) is 2. The lowest BCUT2D eigenvalue weighted by Gasteiger charge is -2.39. The van der Waals surface area contributed by atoms with E-state index < -0.39 is 53.6 Å². The van der Waals surface area contributed by atoms with E-state index in [2.05, 4.69) is 26.1 Å². The van der Waals surface area contributed by atoms with Gasteiger partial charge in [-0.05, 0) is 30.4 Å². The summed E-state index contributed by atoms with van der Waals surface area (Å²) >= 11 is 3.61. The van der Waals surface area contributed by atoms with Crippen LogP contribution in [0.15, 0.2) is 53.0 Å². The molecule has 13 heteroatoms. The number of carbonyl (C=O) groups excluding carboxylic acids is 4. The molecule has 0 saturated carbocycles. The second-order valence-electron chi connectivity index (χ2n) is 13.9. The van der Waals surface area contributed by atoms with Gasteiger partial charge in [-0.25, -0.2) is 0 Å². The SMILES string of the molecule is CC(C)C[C@H](CO)N1C(=O)[C@@H]2[C@H]3C(=O)O[C@@H](c4ccccc4)CNC(=O)CC/C=C\CN(CCN4CCOCC4)C(=O)[C@@H]1[C@]21C=C(Br)[C@H]3O1. The number of hydrogen-bond acceptors (Lipinski definition) is 9. The van der Waals surface area contributed by atoms with Gasteiger partial charge in [0.1, 0.15) is 29.8 Å². The van der Waals surface area contributed by atoms with Gasteiger partial charge in [0.2, 0.25) is 17.7 Å². The second kappa shape index (κ2) is 15.4. The summed E-state index contributed by atoms with van der Waals surface area (Å²) in [5, 5.41) is 13.6. The number of nitrogens with one attached hydrogen (secondary N) is 1. The van der Waals surface area contributed by atoms with E-state index in [1.165, 1.54) is 4.90 Å². The summed E-state index contributed by atoms with van der Waals surface area (Å²) < 4.78 is 18.9.